The van der Waals surface area contributed by atoms with E-state index in [-0.39, 0.29) is 17.9 Å². The molecular weight excluding hydrogens is 300 g/mol. The summed E-state index contributed by atoms with van der Waals surface area (Å²) >= 11 is 0. The van der Waals surface area contributed by atoms with Gasteiger partial charge in [0.05, 0.1) is 6.04 Å². The van der Waals surface area contributed by atoms with Crippen molar-refractivity contribution in [2.45, 2.75) is 33.2 Å². The number of anilines is 1. The van der Waals surface area contributed by atoms with Crippen molar-refractivity contribution in [2.75, 3.05) is 11.4 Å². The zero-order valence-electron chi connectivity index (χ0n) is 14.3. The average Bonchev–Trinajstić information content (AvgIpc) is 2.90. The van der Waals surface area contributed by atoms with Crippen molar-refractivity contribution >= 4 is 17.5 Å². The van der Waals surface area contributed by atoms with Gasteiger partial charge in [0.1, 0.15) is 0 Å². The van der Waals surface area contributed by atoms with Gasteiger partial charge in [-0.05, 0) is 56.2 Å². The van der Waals surface area contributed by atoms with Gasteiger partial charge in [0.2, 0.25) is 5.91 Å². The van der Waals surface area contributed by atoms with Gasteiger partial charge in [-0.15, -0.1) is 0 Å². The van der Waals surface area contributed by atoms with Crippen LogP contribution in [0, 0.1) is 20.8 Å². The average molecular weight is 322 g/mol. The van der Waals surface area contributed by atoms with Crippen LogP contribution in [0.2, 0.25) is 0 Å². The molecule has 4 heteroatoms. The first-order chi connectivity index (χ1) is 11.4. The molecule has 1 atom stereocenters. The van der Waals surface area contributed by atoms with Crippen molar-refractivity contribution in [1.29, 1.82) is 0 Å². The Bertz CT molecular complexity index is 798. The molecule has 2 aromatic carbocycles. The molecular formula is C20H22N2O2. The minimum absolute atomic E-state index is 0.0489. The zero-order valence-corrected chi connectivity index (χ0v) is 14.3. The maximum Gasteiger partial charge on any atom is 0.251 e. The van der Waals surface area contributed by atoms with E-state index in [4.69, 9.17) is 0 Å². The minimum atomic E-state index is -0.160. The van der Waals surface area contributed by atoms with Crippen LogP contribution >= 0.6 is 0 Å². The van der Waals surface area contributed by atoms with E-state index < -0.39 is 0 Å². The highest BCUT2D eigenvalue weighted by atomic mass is 16.2. The third kappa shape index (κ3) is 3.32. The molecule has 1 N–H and O–H groups in total. The van der Waals surface area contributed by atoms with E-state index >= 15 is 0 Å². The fourth-order valence-electron chi connectivity index (χ4n) is 3.00. The molecule has 4 nitrogen and oxygen atoms in total. The summed E-state index contributed by atoms with van der Waals surface area (Å²) in [5.74, 6) is -0.0776. The molecule has 1 heterocycles. The number of carbonyl (C=O) groups is 2. The molecule has 0 spiro atoms. The Balaban J connectivity index is 1.70. The summed E-state index contributed by atoms with van der Waals surface area (Å²) in [6, 6.07) is 13.3. The van der Waals surface area contributed by atoms with E-state index in [1.54, 1.807) is 11.0 Å². The lowest BCUT2D eigenvalue weighted by atomic mass is 10.1. The summed E-state index contributed by atoms with van der Waals surface area (Å²) in [4.78, 5) is 26.4. The van der Waals surface area contributed by atoms with Crippen LogP contribution in [-0.4, -0.2) is 24.4 Å². The number of hydrogen-bond donors (Lipinski definition) is 1. The molecule has 24 heavy (non-hydrogen) atoms. The summed E-state index contributed by atoms with van der Waals surface area (Å²) in [6.07, 6.45) is 0.338. The number of aryl methyl sites for hydroxylation is 3. The van der Waals surface area contributed by atoms with E-state index in [9.17, 15) is 9.59 Å². The van der Waals surface area contributed by atoms with Gasteiger partial charge in [-0.3, -0.25) is 9.59 Å². The molecule has 1 aliphatic rings. The predicted octanol–water partition coefficient (Wildman–Crippen LogP) is 3.15. The molecule has 1 saturated heterocycles. The number of benzene rings is 2. The zero-order chi connectivity index (χ0) is 17.3. The number of nitrogens with zero attached hydrogens (tertiary/aromatic N) is 1. The SMILES string of the molecule is Cc1cccc(C(=O)N[C@@H]2CC(=O)N(c3ccc(C)c(C)c3)C2)c1. The van der Waals surface area contributed by atoms with Gasteiger partial charge in [0.15, 0.2) is 0 Å². The van der Waals surface area contributed by atoms with Gasteiger partial charge in [-0.25, -0.2) is 0 Å². The van der Waals surface area contributed by atoms with Crippen molar-refractivity contribution in [3.05, 3.63) is 64.7 Å². The molecule has 0 bridgehead atoms. The maximum atomic E-state index is 12.4. The fourth-order valence-corrected chi connectivity index (χ4v) is 3.00. The van der Waals surface area contributed by atoms with Crippen molar-refractivity contribution in [1.82, 2.24) is 5.32 Å². The number of nitrogens with one attached hydrogen (secondary N) is 1. The van der Waals surface area contributed by atoms with Crippen molar-refractivity contribution in [2.24, 2.45) is 0 Å². The largest absolute Gasteiger partial charge is 0.347 e. The summed E-state index contributed by atoms with van der Waals surface area (Å²) in [5.41, 5.74) is 4.94. The lowest BCUT2D eigenvalue weighted by Gasteiger charge is -2.18. The first-order valence-corrected chi connectivity index (χ1v) is 8.19. The summed E-state index contributed by atoms with van der Waals surface area (Å²) in [7, 11) is 0. The Morgan fingerprint density at radius 1 is 1.08 bits per heavy atom. The molecule has 0 aliphatic carbocycles. The predicted molar refractivity (Wildman–Crippen MR) is 95.3 cm³/mol. The van der Waals surface area contributed by atoms with E-state index in [0.717, 1.165) is 16.8 Å². The van der Waals surface area contributed by atoms with E-state index in [1.807, 2.05) is 50.2 Å². The summed E-state index contributed by atoms with van der Waals surface area (Å²) in [5, 5.41) is 2.98. The lowest BCUT2D eigenvalue weighted by Crippen LogP contribution is -2.37. The van der Waals surface area contributed by atoms with Crippen LogP contribution < -0.4 is 10.2 Å². The molecule has 0 aromatic heterocycles. The molecule has 0 radical (unpaired) electrons. The molecule has 124 valence electrons. The van der Waals surface area contributed by atoms with E-state index in [0.29, 0.717) is 18.5 Å². The number of amides is 2. The van der Waals surface area contributed by atoms with Crippen LogP contribution in [0.3, 0.4) is 0 Å². The van der Waals surface area contributed by atoms with Crippen LogP contribution in [0.4, 0.5) is 5.69 Å². The Morgan fingerprint density at radius 2 is 1.88 bits per heavy atom. The second kappa shape index (κ2) is 6.48. The van der Waals surface area contributed by atoms with Gasteiger partial charge >= 0.3 is 0 Å². The summed E-state index contributed by atoms with van der Waals surface area (Å²) in [6.45, 7) is 6.56. The number of rotatable bonds is 3. The fraction of sp³-hybridized carbons (Fsp3) is 0.300. The number of hydrogen-bond acceptors (Lipinski definition) is 2. The van der Waals surface area contributed by atoms with E-state index in [1.165, 1.54) is 5.56 Å². The normalized spacial score (nSPS) is 17.2. The maximum absolute atomic E-state index is 12.4. The van der Waals surface area contributed by atoms with E-state index in [2.05, 4.69) is 12.2 Å². The van der Waals surface area contributed by atoms with Gasteiger partial charge in [-0.2, -0.15) is 0 Å². The Kier molecular flexibility index (Phi) is 4.38. The highest BCUT2D eigenvalue weighted by molar-refractivity contribution is 5.99. The van der Waals surface area contributed by atoms with Crippen LogP contribution in [0.1, 0.15) is 33.5 Å². The van der Waals surface area contributed by atoms with Crippen LogP contribution in [0.25, 0.3) is 0 Å². The first-order valence-electron chi connectivity index (χ1n) is 8.19. The Morgan fingerprint density at radius 3 is 2.58 bits per heavy atom. The monoisotopic (exact) mass is 322 g/mol. The lowest BCUT2D eigenvalue weighted by molar-refractivity contribution is -0.117. The minimum Gasteiger partial charge on any atom is -0.347 e. The highest BCUT2D eigenvalue weighted by Crippen LogP contribution is 2.24. The molecule has 1 aliphatic heterocycles. The molecule has 2 aromatic rings. The van der Waals surface area contributed by atoms with Crippen molar-refractivity contribution < 1.29 is 9.59 Å². The topological polar surface area (TPSA) is 49.4 Å². The first kappa shape index (κ1) is 16.2. The van der Waals surface area contributed by atoms with Gasteiger partial charge in [0, 0.05) is 24.2 Å². The molecule has 0 saturated carbocycles. The smallest absolute Gasteiger partial charge is 0.251 e. The molecule has 0 unspecified atom stereocenters. The Hall–Kier alpha value is -2.62. The van der Waals surface area contributed by atoms with Gasteiger partial charge in [-0.1, -0.05) is 23.8 Å². The number of carbonyl (C=O) groups excluding carboxylic acids is 2. The highest BCUT2D eigenvalue weighted by Gasteiger charge is 2.31. The van der Waals surface area contributed by atoms with Crippen LogP contribution in [-0.2, 0) is 4.79 Å². The third-order valence-electron chi connectivity index (χ3n) is 4.54. The standard InChI is InChI=1S/C20H22N2O2/c1-13-5-4-6-16(9-13)20(24)21-17-11-19(23)22(12-17)18-8-7-14(2)15(3)10-18/h4-10,17H,11-12H2,1-3H3,(H,21,24)/t17-/m1/s1. The van der Waals surface area contributed by atoms with Gasteiger partial charge in [0.25, 0.3) is 5.91 Å². The second-order valence-electron chi connectivity index (χ2n) is 6.52. The van der Waals surface area contributed by atoms with Crippen LogP contribution in [0.15, 0.2) is 42.5 Å². The molecule has 2 amide bonds. The molecule has 3 rings (SSSR count). The van der Waals surface area contributed by atoms with Gasteiger partial charge < -0.3 is 10.2 Å². The Labute approximate surface area is 142 Å². The summed E-state index contributed by atoms with van der Waals surface area (Å²) < 4.78 is 0. The van der Waals surface area contributed by atoms with Crippen molar-refractivity contribution in [3.63, 3.8) is 0 Å². The van der Waals surface area contributed by atoms with Crippen LogP contribution in [0.5, 0.6) is 0 Å². The van der Waals surface area contributed by atoms with Crippen molar-refractivity contribution in [3.8, 4) is 0 Å². The third-order valence-corrected chi connectivity index (χ3v) is 4.54. The quantitative estimate of drug-likeness (QED) is 0.944. The molecule has 1 fully saturated rings. The second-order valence-corrected chi connectivity index (χ2v) is 6.52.